The Morgan fingerprint density at radius 2 is 1.93 bits per heavy atom. The van der Waals surface area contributed by atoms with Crippen LogP contribution in [-0.2, 0) is 13.0 Å². The maximum Gasteiger partial charge on any atom is 0.248 e. The van der Waals surface area contributed by atoms with Gasteiger partial charge in [-0.15, -0.1) is 0 Å². The van der Waals surface area contributed by atoms with Crippen molar-refractivity contribution in [3.8, 4) is 0 Å². The first kappa shape index (κ1) is 19.8. The van der Waals surface area contributed by atoms with Gasteiger partial charge in [-0.05, 0) is 48.4 Å². The molecule has 0 aliphatic carbocycles. The first-order valence-corrected chi connectivity index (χ1v) is 10.3. The maximum absolute atomic E-state index is 11.4. The third kappa shape index (κ3) is 5.11. The summed E-state index contributed by atoms with van der Waals surface area (Å²) in [7, 11) is 0. The zero-order chi connectivity index (χ0) is 20.8. The number of carbonyl (C=O) groups excluding carboxylic acids is 1. The Morgan fingerprint density at radius 1 is 1.10 bits per heavy atom. The third-order valence-electron chi connectivity index (χ3n) is 5.39. The molecule has 0 saturated carbocycles. The van der Waals surface area contributed by atoms with E-state index in [0.717, 1.165) is 31.5 Å². The first-order chi connectivity index (χ1) is 14.7. The van der Waals surface area contributed by atoms with Crippen LogP contribution >= 0.6 is 0 Å². The van der Waals surface area contributed by atoms with Gasteiger partial charge in [0.1, 0.15) is 6.33 Å². The van der Waals surface area contributed by atoms with Crippen LogP contribution in [0.5, 0.6) is 0 Å². The number of carbonyl (C=O) groups is 1. The number of piperidine rings is 1. The molecule has 2 aromatic carbocycles. The van der Waals surface area contributed by atoms with Gasteiger partial charge in [-0.25, -0.2) is 9.97 Å². The molecule has 1 unspecified atom stereocenters. The number of primary amides is 1. The lowest BCUT2D eigenvalue weighted by atomic mass is 9.91. The molecule has 1 atom stereocenters. The predicted molar refractivity (Wildman–Crippen MR) is 117 cm³/mol. The summed E-state index contributed by atoms with van der Waals surface area (Å²) < 4.78 is 0. The topological polar surface area (TPSA) is 97.0 Å². The second-order valence-corrected chi connectivity index (χ2v) is 7.67. The molecule has 0 bridgehead atoms. The number of aromatic nitrogens is 3. The Balaban J connectivity index is 1.39. The molecule has 1 saturated heterocycles. The Hall–Kier alpha value is -3.48. The van der Waals surface area contributed by atoms with Gasteiger partial charge in [-0.3, -0.25) is 4.79 Å². The van der Waals surface area contributed by atoms with Crippen LogP contribution in [0, 0.1) is 5.92 Å². The number of nitrogens with zero attached hydrogens (tertiary/aromatic N) is 4. The molecule has 1 aliphatic heterocycles. The van der Waals surface area contributed by atoms with Gasteiger partial charge in [0.2, 0.25) is 17.8 Å². The van der Waals surface area contributed by atoms with Crippen LogP contribution < -0.4 is 16.0 Å². The molecule has 3 aromatic rings. The average Bonchev–Trinajstić information content (AvgIpc) is 2.79. The Kier molecular flexibility index (Phi) is 6.17. The minimum atomic E-state index is -0.436. The molecule has 1 aromatic heterocycles. The number of rotatable bonds is 7. The molecule has 4 rings (SSSR count). The zero-order valence-electron chi connectivity index (χ0n) is 16.9. The van der Waals surface area contributed by atoms with Gasteiger partial charge >= 0.3 is 0 Å². The van der Waals surface area contributed by atoms with Crippen molar-refractivity contribution in [1.29, 1.82) is 0 Å². The fraction of sp³-hybridized carbons (Fsp3) is 0.304. The summed E-state index contributed by atoms with van der Waals surface area (Å²) in [5.74, 6) is 1.38. The minimum absolute atomic E-state index is 0.436. The number of hydrogen-bond donors (Lipinski definition) is 2. The van der Waals surface area contributed by atoms with Crippen LogP contribution in [-0.4, -0.2) is 33.9 Å². The van der Waals surface area contributed by atoms with E-state index in [-0.39, 0.29) is 0 Å². The molecular weight excluding hydrogens is 376 g/mol. The molecular formula is C23H26N6O. The van der Waals surface area contributed by atoms with E-state index in [2.05, 4.69) is 55.5 Å². The van der Waals surface area contributed by atoms with Crippen molar-refractivity contribution in [1.82, 2.24) is 15.0 Å². The van der Waals surface area contributed by atoms with E-state index in [1.54, 1.807) is 18.5 Å². The molecule has 2 heterocycles. The van der Waals surface area contributed by atoms with Gasteiger partial charge in [0.15, 0.2) is 0 Å². The highest BCUT2D eigenvalue weighted by molar-refractivity contribution is 5.92. The van der Waals surface area contributed by atoms with E-state index in [0.29, 0.717) is 29.9 Å². The maximum atomic E-state index is 11.4. The molecule has 30 heavy (non-hydrogen) atoms. The zero-order valence-corrected chi connectivity index (χ0v) is 16.9. The van der Waals surface area contributed by atoms with Gasteiger partial charge in [-0.2, -0.15) is 4.98 Å². The smallest absolute Gasteiger partial charge is 0.248 e. The largest absolute Gasteiger partial charge is 0.366 e. The molecule has 1 aliphatic rings. The van der Waals surface area contributed by atoms with Crippen molar-refractivity contribution in [2.75, 3.05) is 23.3 Å². The Bertz CT molecular complexity index is 994. The molecule has 7 nitrogen and oxygen atoms in total. The van der Waals surface area contributed by atoms with E-state index in [9.17, 15) is 4.79 Å². The lowest BCUT2D eigenvalue weighted by molar-refractivity contribution is 0.1000. The highest BCUT2D eigenvalue weighted by Crippen LogP contribution is 2.23. The van der Waals surface area contributed by atoms with E-state index in [4.69, 9.17) is 5.73 Å². The fourth-order valence-electron chi connectivity index (χ4n) is 3.90. The van der Waals surface area contributed by atoms with Gasteiger partial charge in [-0.1, -0.05) is 42.5 Å². The summed E-state index contributed by atoms with van der Waals surface area (Å²) in [4.78, 5) is 26.9. The number of nitrogens with one attached hydrogen (secondary N) is 1. The van der Waals surface area contributed by atoms with Crippen LogP contribution in [0.3, 0.4) is 0 Å². The number of nitrogens with two attached hydrogens (primary N) is 1. The van der Waals surface area contributed by atoms with Crippen molar-refractivity contribution < 1.29 is 4.79 Å². The van der Waals surface area contributed by atoms with Crippen molar-refractivity contribution >= 4 is 17.8 Å². The SMILES string of the molecule is NC(=O)c1cccc(CNc2ncnc(N3CCCC(Cc4ccccc4)C3)n2)c1. The van der Waals surface area contributed by atoms with Gasteiger partial charge < -0.3 is 16.0 Å². The monoisotopic (exact) mass is 402 g/mol. The van der Waals surface area contributed by atoms with Crippen LogP contribution in [0.15, 0.2) is 60.9 Å². The van der Waals surface area contributed by atoms with Crippen molar-refractivity contribution in [3.05, 3.63) is 77.6 Å². The average molecular weight is 403 g/mol. The molecule has 7 heteroatoms. The summed E-state index contributed by atoms with van der Waals surface area (Å²) in [6.45, 7) is 2.40. The summed E-state index contributed by atoms with van der Waals surface area (Å²) in [6, 6.07) is 17.9. The van der Waals surface area contributed by atoms with E-state index < -0.39 is 5.91 Å². The highest BCUT2D eigenvalue weighted by atomic mass is 16.1. The van der Waals surface area contributed by atoms with Crippen LogP contribution in [0.1, 0.15) is 34.3 Å². The van der Waals surface area contributed by atoms with E-state index in [1.807, 2.05) is 12.1 Å². The molecule has 3 N–H and O–H groups in total. The molecule has 1 amide bonds. The molecule has 154 valence electrons. The third-order valence-corrected chi connectivity index (χ3v) is 5.39. The lowest BCUT2D eigenvalue weighted by Gasteiger charge is -2.32. The quantitative estimate of drug-likeness (QED) is 0.630. The number of hydrogen-bond acceptors (Lipinski definition) is 6. The summed E-state index contributed by atoms with van der Waals surface area (Å²) >= 11 is 0. The Morgan fingerprint density at radius 3 is 2.77 bits per heavy atom. The van der Waals surface area contributed by atoms with Gasteiger partial charge in [0, 0.05) is 25.2 Å². The van der Waals surface area contributed by atoms with Crippen LogP contribution in [0.2, 0.25) is 0 Å². The van der Waals surface area contributed by atoms with Crippen molar-refractivity contribution in [3.63, 3.8) is 0 Å². The summed E-state index contributed by atoms with van der Waals surface area (Å²) in [5, 5.41) is 3.22. The molecule has 0 spiro atoms. The highest BCUT2D eigenvalue weighted by Gasteiger charge is 2.22. The normalized spacial score (nSPS) is 16.3. The van der Waals surface area contributed by atoms with Crippen LogP contribution in [0.25, 0.3) is 0 Å². The van der Waals surface area contributed by atoms with Crippen molar-refractivity contribution in [2.45, 2.75) is 25.8 Å². The Labute approximate surface area is 176 Å². The van der Waals surface area contributed by atoms with Crippen molar-refractivity contribution in [2.24, 2.45) is 11.7 Å². The summed E-state index contributed by atoms with van der Waals surface area (Å²) in [5.41, 5.74) is 8.16. The van der Waals surface area contributed by atoms with E-state index >= 15 is 0 Å². The molecule has 1 fully saturated rings. The first-order valence-electron chi connectivity index (χ1n) is 10.3. The second kappa shape index (κ2) is 9.35. The number of amides is 1. The van der Waals surface area contributed by atoms with Crippen LogP contribution in [0.4, 0.5) is 11.9 Å². The number of anilines is 2. The van der Waals surface area contributed by atoms with Gasteiger partial charge in [0.25, 0.3) is 0 Å². The predicted octanol–water partition coefficient (Wildman–Crippen LogP) is 3.04. The lowest BCUT2D eigenvalue weighted by Crippen LogP contribution is -2.37. The number of benzene rings is 2. The standard InChI is InChI=1S/C23H26N6O/c24-21(30)20-10-4-8-18(13-20)14-25-22-26-16-27-23(28-22)29-11-5-9-19(15-29)12-17-6-2-1-3-7-17/h1-4,6-8,10,13,16,19H,5,9,11-12,14-15H2,(H2,24,30)(H,25,26,27,28). The second-order valence-electron chi connectivity index (χ2n) is 7.67. The van der Waals surface area contributed by atoms with Gasteiger partial charge in [0.05, 0.1) is 0 Å². The summed E-state index contributed by atoms with van der Waals surface area (Å²) in [6.07, 6.45) is 4.97. The fourth-order valence-corrected chi connectivity index (χ4v) is 3.90. The molecule has 0 radical (unpaired) electrons. The minimum Gasteiger partial charge on any atom is -0.366 e. The van der Waals surface area contributed by atoms with E-state index in [1.165, 1.54) is 12.0 Å².